The number of benzene rings is 1. The highest BCUT2D eigenvalue weighted by Crippen LogP contribution is 2.57. The van der Waals surface area contributed by atoms with Gasteiger partial charge in [0.05, 0.1) is 5.60 Å². The number of likely N-dealkylation sites (tertiary alicyclic amines) is 1. The molecule has 1 N–H and O–H groups in total. The average Bonchev–Trinajstić information content (AvgIpc) is 2.91. The Morgan fingerprint density at radius 1 is 1.23 bits per heavy atom. The number of rotatable bonds is 3. The monoisotopic (exact) mass is 357 g/mol. The summed E-state index contributed by atoms with van der Waals surface area (Å²) < 4.78 is 14.4. The molecular weight excluding hydrogens is 329 g/mol. The van der Waals surface area contributed by atoms with Gasteiger partial charge in [-0.25, -0.2) is 4.39 Å². The molecule has 1 heterocycles. The Morgan fingerprint density at radius 2 is 1.96 bits per heavy atom. The van der Waals surface area contributed by atoms with Crippen LogP contribution in [0.15, 0.2) is 18.2 Å². The van der Waals surface area contributed by atoms with Gasteiger partial charge in [0.2, 0.25) is 5.91 Å². The van der Waals surface area contributed by atoms with Crippen LogP contribution in [0, 0.1) is 36.4 Å². The van der Waals surface area contributed by atoms with Gasteiger partial charge in [0.25, 0.3) is 0 Å². The van der Waals surface area contributed by atoms with Crippen LogP contribution in [0.4, 0.5) is 4.39 Å². The molecule has 4 bridgehead atoms. The fraction of sp³-hybridized carbons (Fsp3) is 0.682. The van der Waals surface area contributed by atoms with E-state index in [1.807, 2.05) is 12.1 Å². The summed E-state index contributed by atoms with van der Waals surface area (Å²) in [5.41, 5.74) is 0.864. The van der Waals surface area contributed by atoms with Crippen molar-refractivity contribution in [2.24, 2.45) is 23.7 Å². The van der Waals surface area contributed by atoms with Gasteiger partial charge in [0.1, 0.15) is 5.82 Å². The second kappa shape index (κ2) is 5.79. The molecule has 1 amide bonds. The molecule has 1 aromatic rings. The van der Waals surface area contributed by atoms with Crippen LogP contribution in [0.5, 0.6) is 0 Å². The summed E-state index contributed by atoms with van der Waals surface area (Å²) in [6, 6.07) is 5.78. The third kappa shape index (κ3) is 2.52. The minimum absolute atomic E-state index is 0.0911. The van der Waals surface area contributed by atoms with Crippen molar-refractivity contribution in [2.75, 3.05) is 6.54 Å². The minimum Gasteiger partial charge on any atom is -0.390 e. The zero-order valence-electron chi connectivity index (χ0n) is 15.5. The maximum absolute atomic E-state index is 14.4. The first kappa shape index (κ1) is 16.7. The third-order valence-electron chi connectivity index (χ3n) is 7.64. The van der Waals surface area contributed by atoms with Gasteiger partial charge in [0.15, 0.2) is 0 Å². The van der Waals surface area contributed by atoms with E-state index in [2.05, 4.69) is 4.90 Å². The standard InChI is InChI=1S/C22H28FNO2/c1-13-3-2-4-15(19(13)23)9-16-5-6-24(21(16)25)20-17-7-14-8-18(20)12-22(26,10-14)11-17/h2-4,14,16-18,20,26H,5-12H2,1H3. The third-order valence-corrected chi connectivity index (χ3v) is 7.64. The second-order valence-electron chi connectivity index (χ2n) is 9.45. The van der Waals surface area contributed by atoms with Gasteiger partial charge in [-0.05, 0) is 80.8 Å². The topological polar surface area (TPSA) is 40.5 Å². The fourth-order valence-electron chi connectivity index (χ4n) is 6.84. The number of carbonyl (C=O) groups is 1. The fourth-order valence-corrected chi connectivity index (χ4v) is 6.84. The largest absolute Gasteiger partial charge is 0.390 e. The van der Waals surface area contributed by atoms with E-state index in [9.17, 15) is 14.3 Å². The summed E-state index contributed by atoms with van der Waals surface area (Å²) in [6.07, 6.45) is 6.38. The predicted octanol–water partition coefficient (Wildman–Crippen LogP) is 3.46. The highest BCUT2D eigenvalue weighted by Gasteiger charge is 2.57. The molecule has 1 saturated heterocycles. The minimum atomic E-state index is -0.458. The Morgan fingerprint density at radius 3 is 2.65 bits per heavy atom. The smallest absolute Gasteiger partial charge is 0.226 e. The van der Waals surface area contributed by atoms with Crippen molar-refractivity contribution in [3.8, 4) is 0 Å². The zero-order chi connectivity index (χ0) is 18.1. The van der Waals surface area contributed by atoms with Crippen molar-refractivity contribution >= 4 is 5.91 Å². The summed E-state index contributed by atoms with van der Waals surface area (Å²) >= 11 is 0. The Labute approximate surface area is 154 Å². The molecule has 4 aliphatic carbocycles. The molecule has 0 radical (unpaired) electrons. The Hall–Kier alpha value is -1.42. The molecule has 3 nitrogen and oxygen atoms in total. The first-order valence-corrected chi connectivity index (χ1v) is 10.2. The summed E-state index contributed by atoms with van der Waals surface area (Å²) in [6.45, 7) is 2.58. The number of hydrogen-bond acceptors (Lipinski definition) is 2. The molecule has 26 heavy (non-hydrogen) atoms. The van der Waals surface area contributed by atoms with Crippen molar-refractivity contribution in [3.63, 3.8) is 0 Å². The molecule has 0 spiro atoms. The van der Waals surface area contributed by atoms with Crippen LogP contribution in [0.2, 0.25) is 0 Å². The van der Waals surface area contributed by atoms with E-state index in [0.717, 1.165) is 32.2 Å². The molecular formula is C22H28FNO2. The molecule has 1 aliphatic heterocycles. The molecule has 5 fully saturated rings. The highest BCUT2D eigenvalue weighted by atomic mass is 19.1. The number of aliphatic hydroxyl groups is 1. The van der Waals surface area contributed by atoms with Gasteiger partial charge in [-0.15, -0.1) is 0 Å². The first-order chi connectivity index (χ1) is 12.4. The van der Waals surface area contributed by atoms with Crippen LogP contribution in [0.1, 0.15) is 49.7 Å². The predicted molar refractivity (Wildman–Crippen MR) is 97.0 cm³/mol. The summed E-state index contributed by atoms with van der Waals surface area (Å²) in [7, 11) is 0. The van der Waals surface area contributed by atoms with E-state index in [1.165, 1.54) is 12.8 Å². The normalized spacial score (nSPS) is 41.3. The van der Waals surface area contributed by atoms with Crippen LogP contribution in [-0.4, -0.2) is 34.1 Å². The number of carbonyl (C=O) groups excluding carboxylic acids is 1. The van der Waals surface area contributed by atoms with Crippen molar-refractivity contribution in [1.29, 1.82) is 0 Å². The molecule has 3 unspecified atom stereocenters. The summed E-state index contributed by atoms with van der Waals surface area (Å²) in [4.78, 5) is 15.3. The molecule has 4 heteroatoms. The highest BCUT2D eigenvalue weighted by molar-refractivity contribution is 5.81. The van der Waals surface area contributed by atoms with E-state index in [-0.39, 0.29) is 17.6 Å². The maximum atomic E-state index is 14.4. The molecule has 3 atom stereocenters. The van der Waals surface area contributed by atoms with E-state index in [4.69, 9.17) is 0 Å². The summed E-state index contributed by atoms with van der Waals surface area (Å²) in [5.74, 6) is 1.55. The van der Waals surface area contributed by atoms with Crippen molar-refractivity contribution in [3.05, 3.63) is 35.1 Å². The lowest BCUT2D eigenvalue weighted by Crippen LogP contribution is -2.62. The quantitative estimate of drug-likeness (QED) is 0.900. The van der Waals surface area contributed by atoms with Gasteiger partial charge in [-0.3, -0.25) is 4.79 Å². The Balaban J connectivity index is 1.33. The molecule has 0 aromatic heterocycles. The van der Waals surface area contributed by atoms with Crippen LogP contribution >= 0.6 is 0 Å². The van der Waals surface area contributed by atoms with E-state index >= 15 is 0 Å². The number of halogens is 1. The van der Waals surface area contributed by atoms with Gasteiger partial charge < -0.3 is 10.0 Å². The van der Waals surface area contributed by atoms with Gasteiger partial charge >= 0.3 is 0 Å². The van der Waals surface area contributed by atoms with Gasteiger partial charge in [-0.2, -0.15) is 0 Å². The number of aryl methyl sites for hydroxylation is 1. The van der Waals surface area contributed by atoms with E-state index < -0.39 is 5.60 Å². The lowest BCUT2D eigenvalue weighted by molar-refractivity contribution is -0.168. The number of amides is 1. The number of hydrogen-bond donors (Lipinski definition) is 1. The van der Waals surface area contributed by atoms with Crippen LogP contribution < -0.4 is 0 Å². The van der Waals surface area contributed by atoms with Crippen LogP contribution in [-0.2, 0) is 11.2 Å². The summed E-state index contributed by atoms with van der Waals surface area (Å²) in [5, 5.41) is 10.8. The van der Waals surface area contributed by atoms with Crippen LogP contribution in [0.3, 0.4) is 0 Å². The second-order valence-corrected chi connectivity index (χ2v) is 9.45. The van der Waals surface area contributed by atoms with E-state index in [1.54, 1.807) is 13.0 Å². The first-order valence-electron chi connectivity index (χ1n) is 10.2. The zero-order valence-corrected chi connectivity index (χ0v) is 15.5. The maximum Gasteiger partial charge on any atom is 0.226 e. The Bertz CT molecular complexity index is 732. The van der Waals surface area contributed by atoms with Crippen molar-refractivity contribution in [1.82, 2.24) is 4.90 Å². The SMILES string of the molecule is Cc1cccc(CC2CCN(C3C4CC5CC3CC(O)(C5)C4)C2=O)c1F. The van der Waals surface area contributed by atoms with Gasteiger partial charge in [-0.1, -0.05) is 18.2 Å². The lowest BCUT2D eigenvalue weighted by Gasteiger charge is -2.59. The number of nitrogens with zero attached hydrogens (tertiary/aromatic N) is 1. The molecule has 4 saturated carbocycles. The van der Waals surface area contributed by atoms with Gasteiger partial charge in [0, 0.05) is 18.5 Å². The van der Waals surface area contributed by atoms with Crippen LogP contribution in [0.25, 0.3) is 0 Å². The Kier molecular flexibility index (Phi) is 3.72. The van der Waals surface area contributed by atoms with Crippen molar-refractivity contribution < 1.29 is 14.3 Å². The molecule has 6 rings (SSSR count). The van der Waals surface area contributed by atoms with Crippen molar-refractivity contribution in [2.45, 2.75) is 63.5 Å². The van der Waals surface area contributed by atoms with E-state index in [0.29, 0.717) is 41.3 Å². The molecule has 140 valence electrons. The average molecular weight is 357 g/mol. The molecule has 1 aromatic carbocycles. The lowest BCUT2D eigenvalue weighted by atomic mass is 9.52. The molecule has 5 aliphatic rings.